The van der Waals surface area contributed by atoms with Crippen LogP contribution in [0.2, 0.25) is 0 Å². The van der Waals surface area contributed by atoms with Crippen molar-refractivity contribution in [3.05, 3.63) is 23.8 Å². The number of para-hydroxylation sites is 1. The van der Waals surface area contributed by atoms with Crippen LogP contribution < -0.4 is 9.47 Å². The molecular weight excluding hydrogens is 306 g/mol. The van der Waals surface area contributed by atoms with Gasteiger partial charge in [0.15, 0.2) is 17.6 Å². The van der Waals surface area contributed by atoms with Gasteiger partial charge in [-0.15, -0.1) is 0 Å². The Morgan fingerprint density at radius 3 is 2.75 bits per heavy atom. The molecule has 24 heavy (non-hydrogen) atoms. The summed E-state index contributed by atoms with van der Waals surface area (Å²) < 4.78 is 11.1. The predicted molar refractivity (Wildman–Crippen MR) is 91.5 cm³/mol. The Balaban J connectivity index is 1.76. The van der Waals surface area contributed by atoms with Crippen molar-refractivity contribution in [2.45, 2.75) is 51.7 Å². The van der Waals surface area contributed by atoms with Gasteiger partial charge in [-0.2, -0.15) is 0 Å². The predicted octanol–water partition coefficient (Wildman–Crippen LogP) is 3.31. The normalized spacial score (nSPS) is 21.1. The highest BCUT2D eigenvalue weighted by molar-refractivity contribution is 5.72. The Bertz CT molecular complexity index is 595. The van der Waals surface area contributed by atoms with E-state index in [2.05, 4.69) is 4.90 Å². The van der Waals surface area contributed by atoms with Crippen LogP contribution in [-0.4, -0.2) is 42.3 Å². The maximum Gasteiger partial charge on any atom is 0.344 e. The third kappa shape index (κ3) is 3.51. The smallest absolute Gasteiger partial charge is 0.344 e. The Morgan fingerprint density at radius 2 is 2.08 bits per heavy atom. The summed E-state index contributed by atoms with van der Waals surface area (Å²) in [6.45, 7) is 4.56. The lowest BCUT2D eigenvalue weighted by Gasteiger charge is -2.25. The molecule has 0 unspecified atom stereocenters. The minimum absolute atomic E-state index is 0.522. The molecule has 5 nitrogen and oxygen atoms in total. The molecule has 1 aliphatic carbocycles. The van der Waals surface area contributed by atoms with Crippen molar-refractivity contribution in [1.82, 2.24) is 4.90 Å². The van der Waals surface area contributed by atoms with Gasteiger partial charge < -0.3 is 14.6 Å². The van der Waals surface area contributed by atoms with Gasteiger partial charge in [0.1, 0.15) is 0 Å². The van der Waals surface area contributed by atoms with Crippen molar-refractivity contribution in [3.63, 3.8) is 0 Å². The maximum absolute atomic E-state index is 11.2. The lowest BCUT2D eigenvalue weighted by molar-refractivity contribution is -0.144. The second-order valence-electron chi connectivity index (χ2n) is 7.21. The van der Waals surface area contributed by atoms with Gasteiger partial charge in [0.05, 0.1) is 7.11 Å². The second kappa shape index (κ2) is 7.01. The maximum atomic E-state index is 11.2. The van der Waals surface area contributed by atoms with Crippen molar-refractivity contribution in [1.29, 1.82) is 0 Å². The molecule has 1 saturated heterocycles. The van der Waals surface area contributed by atoms with Crippen molar-refractivity contribution in [2.24, 2.45) is 5.41 Å². The fourth-order valence-electron chi connectivity index (χ4n) is 4.14. The highest BCUT2D eigenvalue weighted by Crippen LogP contribution is 2.46. The first-order valence-electron chi connectivity index (χ1n) is 8.81. The van der Waals surface area contributed by atoms with Gasteiger partial charge in [0.2, 0.25) is 0 Å². The Morgan fingerprint density at radius 1 is 1.33 bits per heavy atom. The quantitative estimate of drug-likeness (QED) is 0.865. The number of benzene rings is 1. The number of methoxy groups -OCH3 is 1. The molecule has 2 aliphatic rings. The number of likely N-dealkylation sites (tertiary alicyclic amines) is 1. The molecule has 0 amide bonds. The largest absolute Gasteiger partial charge is 0.493 e. The summed E-state index contributed by atoms with van der Waals surface area (Å²) in [7, 11) is 1.58. The number of aliphatic carboxylic acids is 1. The molecule has 2 fully saturated rings. The van der Waals surface area contributed by atoms with Gasteiger partial charge in [-0.3, -0.25) is 4.90 Å². The Hall–Kier alpha value is -1.75. The fourth-order valence-corrected chi connectivity index (χ4v) is 4.14. The van der Waals surface area contributed by atoms with Crippen LogP contribution in [0.3, 0.4) is 0 Å². The van der Waals surface area contributed by atoms with Gasteiger partial charge in [-0.25, -0.2) is 4.79 Å². The van der Waals surface area contributed by atoms with Gasteiger partial charge >= 0.3 is 5.97 Å². The van der Waals surface area contributed by atoms with E-state index in [1.807, 2.05) is 18.2 Å². The van der Waals surface area contributed by atoms with Crippen molar-refractivity contribution in [3.8, 4) is 11.5 Å². The third-order valence-electron chi connectivity index (χ3n) is 5.50. The second-order valence-corrected chi connectivity index (χ2v) is 7.21. The molecule has 3 rings (SSSR count). The molecular formula is C19H27NO4. The van der Waals surface area contributed by atoms with E-state index in [9.17, 15) is 4.79 Å². The summed E-state index contributed by atoms with van der Waals surface area (Å²) in [5.74, 6) is 0.176. The van der Waals surface area contributed by atoms with Crippen LogP contribution >= 0.6 is 0 Å². The molecule has 1 atom stereocenters. The third-order valence-corrected chi connectivity index (χ3v) is 5.50. The van der Waals surface area contributed by atoms with Crippen molar-refractivity contribution in [2.75, 3.05) is 20.2 Å². The van der Waals surface area contributed by atoms with E-state index < -0.39 is 12.1 Å². The molecule has 1 saturated carbocycles. The first-order chi connectivity index (χ1) is 11.5. The summed E-state index contributed by atoms with van der Waals surface area (Å²) in [6.07, 6.45) is 5.79. The number of carboxylic acids is 1. The molecule has 1 aromatic carbocycles. The first kappa shape index (κ1) is 17.1. The van der Waals surface area contributed by atoms with Gasteiger partial charge in [-0.05, 0) is 44.2 Å². The molecule has 1 heterocycles. The number of carboxylic acid groups (broad SMARTS) is 1. The number of ether oxygens (including phenoxy) is 2. The molecule has 0 radical (unpaired) electrons. The average Bonchev–Trinajstić information content (AvgIpc) is 3.19. The number of hydrogen-bond acceptors (Lipinski definition) is 4. The van der Waals surface area contributed by atoms with Crippen LogP contribution in [0.5, 0.6) is 11.5 Å². The molecule has 1 N–H and O–H groups in total. The molecule has 1 spiro atoms. The number of hydrogen-bond donors (Lipinski definition) is 1. The van der Waals surface area contributed by atoms with E-state index in [1.54, 1.807) is 14.0 Å². The summed E-state index contributed by atoms with van der Waals surface area (Å²) in [5, 5.41) is 9.15. The SMILES string of the molecule is COc1cccc(CN2CCC3(CCCC3)C2)c1O[C@H](C)C(=O)O. The van der Waals surface area contributed by atoms with E-state index in [0.717, 1.165) is 25.2 Å². The van der Waals surface area contributed by atoms with Crippen LogP contribution in [-0.2, 0) is 11.3 Å². The summed E-state index contributed by atoms with van der Waals surface area (Å²) in [4.78, 5) is 13.6. The minimum Gasteiger partial charge on any atom is -0.493 e. The molecule has 132 valence electrons. The van der Waals surface area contributed by atoms with Crippen molar-refractivity contribution < 1.29 is 19.4 Å². The van der Waals surface area contributed by atoms with Crippen LogP contribution in [0.15, 0.2) is 18.2 Å². The fraction of sp³-hybridized carbons (Fsp3) is 0.632. The highest BCUT2D eigenvalue weighted by atomic mass is 16.5. The van der Waals surface area contributed by atoms with E-state index in [4.69, 9.17) is 14.6 Å². The zero-order valence-corrected chi connectivity index (χ0v) is 14.6. The van der Waals surface area contributed by atoms with Gasteiger partial charge in [0, 0.05) is 18.7 Å². The molecule has 0 bridgehead atoms. The summed E-state index contributed by atoms with van der Waals surface area (Å²) in [6, 6.07) is 5.76. The van der Waals surface area contributed by atoms with E-state index in [-0.39, 0.29) is 0 Å². The van der Waals surface area contributed by atoms with E-state index in [1.165, 1.54) is 32.1 Å². The van der Waals surface area contributed by atoms with Crippen LogP contribution in [0.4, 0.5) is 0 Å². The van der Waals surface area contributed by atoms with Gasteiger partial charge in [-0.1, -0.05) is 25.0 Å². The van der Waals surface area contributed by atoms with Gasteiger partial charge in [0.25, 0.3) is 0 Å². The zero-order chi connectivity index (χ0) is 17.2. The number of carbonyl (C=O) groups is 1. The Labute approximate surface area is 143 Å². The lowest BCUT2D eigenvalue weighted by atomic mass is 9.86. The summed E-state index contributed by atoms with van der Waals surface area (Å²) >= 11 is 0. The topological polar surface area (TPSA) is 59.0 Å². The van der Waals surface area contributed by atoms with Crippen LogP contribution in [0.1, 0.15) is 44.6 Å². The molecule has 1 aliphatic heterocycles. The van der Waals surface area contributed by atoms with Crippen LogP contribution in [0.25, 0.3) is 0 Å². The standard InChI is InChI=1S/C19H27NO4/c1-14(18(21)22)24-17-15(6-5-7-16(17)23-2)12-20-11-10-19(13-20)8-3-4-9-19/h5-7,14H,3-4,8-13H2,1-2H3,(H,21,22)/t14-/m1/s1. The highest BCUT2D eigenvalue weighted by Gasteiger charge is 2.40. The number of nitrogens with zero attached hydrogens (tertiary/aromatic N) is 1. The molecule has 0 aromatic heterocycles. The average molecular weight is 333 g/mol. The van der Waals surface area contributed by atoms with Crippen LogP contribution in [0, 0.1) is 5.41 Å². The first-order valence-corrected chi connectivity index (χ1v) is 8.81. The Kier molecular flexibility index (Phi) is 4.99. The summed E-state index contributed by atoms with van der Waals surface area (Å²) in [5.41, 5.74) is 1.52. The van der Waals surface area contributed by atoms with E-state index in [0.29, 0.717) is 16.9 Å². The number of rotatable bonds is 6. The lowest BCUT2D eigenvalue weighted by Crippen LogP contribution is -2.26. The minimum atomic E-state index is -0.974. The monoisotopic (exact) mass is 333 g/mol. The van der Waals surface area contributed by atoms with Crippen molar-refractivity contribution >= 4 is 5.97 Å². The van der Waals surface area contributed by atoms with E-state index >= 15 is 0 Å². The molecule has 1 aromatic rings. The zero-order valence-electron chi connectivity index (χ0n) is 14.6. The molecule has 5 heteroatoms.